The van der Waals surface area contributed by atoms with E-state index in [4.69, 9.17) is 11.3 Å². The van der Waals surface area contributed by atoms with Crippen molar-refractivity contribution >= 4 is 0 Å². The molecule has 0 N–H and O–H groups in total. The Labute approximate surface area is 287 Å². The fourth-order valence-electron chi connectivity index (χ4n) is 8.22. The Hall–Kier alpha value is -6.38. The van der Waals surface area contributed by atoms with Crippen molar-refractivity contribution in [2.45, 2.75) is 5.41 Å². The van der Waals surface area contributed by atoms with Gasteiger partial charge in [0.2, 0.25) is 0 Å². The van der Waals surface area contributed by atoms with E-state index >= 15 is 0 Å². The van der Waals surface area contributed by atoms with Crippen LogP contribution >= 0.6 is 0 Å². The van der Waals surface area contributed by atoms with Gasteiger partial charge in [0.05, 0.1) is 18.2 Å². The number of aromatic nitrogens is 2. The van der Waals surface area contributed by atoms with Gasteiger partial charge >= 0.3 is 0 Å². The summed E-state index contributed by atoms with van der Waals surface area (Å²) in [5, 5.41) is 0. The lowest BCUT2D eigenvalue weighted by molar-refractivity contribution is 0.794. The Morgan fingerprint density at radius 3 is 1.57 bits per heavy atom. The normalized spacial score (nSPS) is 13.3. The van der Waals surface area contributed by atoms with Crippen LogP contribution in [0.2, 0.25) is 0 Å². The van der Waals surface area contributed by atoms with Crippen LogP contribution in [0, 0.1) is 0 Å². The summed E-state index contributed by atoms with van der Waals surface area (Å²) in [6, 6.07) is 62.3. The van der Waals surface area contributed by atoms with E-state index in [9.17, 15) is 0 Å². The van der Waals surface area contributed by atoms with Gasteiger partial charge < -0.3 is 0 Å². The van der Waals surface area contributed by atoms with E-state index in [1.165, 1.54) is 44.5 Å². The molecule has 1 aromatic heterocycles. The molecule has 0 saturated heterocycles. The van der Waals surface area contributed by atoms with Gasteiger partial charge in [-0.15, -0.1) is 0 Å². The first-order valence-electron chi connectivity index (χ1n) is 17.3. The summed E-state index contributed by atoms with van der Waals surface area (Å²) in [4.78, 5) is 10.4. The van der Waals surface area contributed by atoms with Crippen molar-refractivity contribution in [1.29, 1.82) is 0 Å². The highest BCUT2D eigenvalue weighted by atomic mass is 14.9. The maximum atomic E-state index is 8.76. The molecule has 2 nitrogen and oxygen atoms in total. The van der Waals surface area contributed by atoms with E-state index in [1.807, 2.05) is 48.5 Å². The van der Waals surface area contributed by atoms with Crippen LogP contribution in [0.1, 0.15) is 23.6 Å². The van der Waals surface area contributed by atoms with Gasteiger partial charge in [0.1, 0.15) is 0 Å². The molecular formula is C47H30N2. The second kappa shape index (κ2) is 10.8. The molecule has 2 heteroatoms. The number of benzene rings is 7. The molecular weight excluding hydrogens is 593 g/mol. The molecule has 0 amide bonds. The fourth-order valence-corrected chi connectivity index (χ4v) is 8.22. The quantitative estimate of drug-likeness (QED) is 0.195. The number of nitrogens with zero attached hydrogens (tertiary/aromatic N) is 2. The second-order valence-corrected chi connectivity index (χ2v) is 12.8. The first-order chi connectivity index (χ1) is 24.7. The molecule has 49 heavy (non-hydrogen) atoms. The summed E-state index contributed by atoms with van der Waals surface area (Å²) in [7, 11) is 0. The molecule has 10 rings (SSSR count). The Morgan fingerprint density at radius 1 is 0.367 bits per heavy atom. The number of fused-ring (bicyclic) bond motifs is 10. The van der Waals surface area contributed by atoms with Crippen LogP contribution in [-0.4, -0.2) is 9.97 Å². The second-order valence-electron chi connectivity index (χ2n) is 12.8. The Morgan fingerprint density at radius 2 is 0.878 bits per heavy atom. The van der Waals surface area contributed by atoms with Gasteiger partial charge in [-0.05, 0) is 67.8 Å². The van der Waals surface area contributed by atoms with E-state index in [0.717, 1.165) is 39.2 Å². The lowest BCUT2D eigenvalue weighted by Gasteiger charge is -2.30. The number of hydrogen-bond acceptors (Lipinski definition) is 2. The summed E-state index contributed by atoms with van der Waals surface area (Å²) in [5.41, 5.74) is 16.4. The summed E-state index contributed by atoms with van der Waals surface area (Å²) in [5.74, 6) is 0.657. The number of rotatable bonds is 4. The first kappa shape index (κ1) is 26.7. The van der Waals surface area contributed by atoms with E-state index in [-0.39, 0.29) is 0 Å². The van der Waals surface area contributed by atoms with Crippen LogP contribution in [-0.2, 0) is 5.41 Å². The Balaban J connectivity index is 1.25. The van der Waals surface area contributed by atoms with Crippen LogP contribution in [0.3, 0.4) is 0 Å². The molecule has 0 radical (unpaired) electrons. The molecule has 1 spiro atoms. The van der Waals surface area contributed by atoms with Crippen LogP contribution < -0.4 is 0 Å². The van der Waals surface area contributed by atoms with Crippen molar-refractivity contribution in [1.82, 2.24) is 9.97 Å². The Bertz CT molecular complexity index is 2560. The molecule has 7 aromatic carbocycles. The maximum absolute atomic E-state index is 8.76. The molecule has 2 aliphatic carbocycles. The predicted octanol–water partition coefficient (Wildman–Crippen LogP) is 11.5. The third-order valence-electron chi connectivity index (χ3n) is 10.2. The lowest BCUT2D eigenvalue weighted by atomic mass is 9.70. The summed E-state index contributed by atoms with van der Waals surface area (Å²) in [6.07, 6.45) is 0. The smallest absolute Gasteiger partial charge is 0.160 e. The van der Waals surface area contributed by atoms with Crippen molar-refractivity contribution < 1.29 is 1.37 Å². The molecule has 0 aliphatic heterocycles. The highest BCUT2D eigenvalue weighted by Crippen LogP contribution is 2.63. The van der Waals surface area contributed by atoms with Gasteiger partial charge in [0, 0.05) is 16.7 Å². The van der Waals surface area contributed by atoms with E-state index in [0.29, 0.717) is 11.9 Å². The minimum Gasteiger partial charge on any atom is -0.228 e. The molecule has 228 valence electrons. The molecule has 0 unspecified atom stereocenters. The lowest BCUT2D eigenvalue weighted by Crippen LogP contribution is -2.25. The van der Waals surface area contributed by atoms with Gasteiger partial charge in [-0.3, -0.25) is 0 Å². The summed E-state index contributed by atoms with van der Waals surface area (Å²) in [6.45, 7) is 0. The van der Waals surface area contributed by atoms with Gasteiger partial charge in [0.25, 0.3) is 0 Å². The molecule has 0 bridgehead atoms. The number of hydrogen-bond donors (Lipinski definition) is 0. The first-order valence-corrected chi connectivity index (χ1v) is 16.8. The zero-order chi connectivity index (χ0) is 33.2. The highest BCUT2D eigenvalue weighted by molar-refractivity contribution is 5.99. The van der Waals surface area contributed by atoms with Crippen molar-refractivity contribution in [3.8, 4) is 67.3 Å². The third kappa shape index (κ3) is 4.07. The molecule has 0 atom stereocenters. The van der Waals surface area contributed by atoms with Crippen LogP contribution in [0.5, 0.6) is 0 Å². The summed E-state index contributed by atoms with van der Waals surface area (Å²) < 4.78 is 8.76. The van der Waals surface area contributed by atoms with E-state index in [2.05, 4.69) is 127 Å². The average Bonchev–Trinajstić information content (AvgIpc) is 3.66. The summed E-state index contributed by atoms with van der Waals surface area (Å²) >= 11 is 0. The van der Waals surface area contributed by atoms with Crippen molar-refractivity contribution in [2.24, 2.45) is 0 Å². The minimum absolute atomic E-state index is 0.433. The van der Waals surface area contributed by atoms with Crippen LogP contribution in [0.25, 0.3) is 67.3 Å². The fraction of sp³-hybridized carbons (Fsp3) is 0.0213. The highest BCUT2D eigenvalue weighted by Gasteiger charge is 2.52. The average molecular weight is 624 g/mol. The van der Waals surface area contributed by atoms with Crippen molar-refractivity contribution in [3.05, 3.63) is 204 Å². The van der Waals surface area contributed by atoms with Gasteiger partial charge in [-0.2, -0.15) is 0 Å². The van der Waals surface area contributed by atoms with Crippen LogP contribution in [0.4, 0.5) is 0 Å². The largest absolute Gasteiger partial charge is 0.228 e. The predicted molar refractivity (Wildman–Crippen MR) is 200 cm³/mol. The zero-order valence-corrected chi connectivity index (χ0v) is 26.6. The topological polar surface area (TPSA) is 25.8 Å². The Kier molecular flexibility index (Phi) is 5.89. The monoisotopic (exact) mass is 623 g/mol. The van der Waals surface area contributed by atoms with Gasteiger partial charge in [0.15, 0.2) is 5.82 Å². The SMILES string of the molecule is [2H]c1cc(-c2ccccc2)cc(-c2cc(-c3cccc4c3-c3ccccc3C43c4ccccc4-c4ccccc43)nc(-c3ccccc3)n2)c1. The zero-order valence-electron chi connectivity index (χ0n) is 27.6. The van der Waals surface area contributed by atoms with Crippen molar-refractivity contribution in [2.75, 3.05) is 0 Å². The van der Waals surface area contributed by atoms with Crippen molar-refractivity contribution in [3.63, 3.8) is 0 Å². The molecule has 1 heterocycles. The molecule has 0 saturated carbocycles. The minimum atomic E-state index is -0.433. The third-order valence-corrected chi connectivity index (χ3v) is 10.2. The van der Waals surface area contributed by atoms with E-state index < -0.39 is 5.41 Å². The molecule has 8 aromatic rings. The molecule has 0 fully saturated rings. The standard InChI is InChI=1S/C47H30N2/c1-3-15-31(16-4-1)33-19-13-20-34(29-33)43-30-44(49-46(48-43)32-17-5-2-6-18-32)38-24-14-28-42-45(38)37-23-9-12-27-41(37)47(42)39-25-10-7-21-35(39)36-22-8-11-26-40(36)47/h1-30H/i13D. The van der Waals surface area contributed by atoms with E-state index in [1.54, 1.807) is 0 Å². The van der Waals surface area contributed by atoms with Crippen LogP contribution in [0.15, 0.2) is 182 Å². The maximum Gasteiger partial charge on any atom is 0.160 e. The van der Waals surface area contributed by atoms with Gasteiger partial charge in [-0.25, -0.2) is 9.97 Å². The molecule has 2 aliphatic rings. The van der Waals surface area contributed by atoms with Gasteiger partial charge in [-0.1, -0.05) is 170 Å².